The van der Waals surface area contributed by atoms with Crippen molar-refractivity contribution in [1.29, 1.82) is 0 Å². The number of nitrogens with zero attached hydrogens (tertiary/aromatic N) is 5. The summed E-state index contributed by atoms with van der Waals surface area (Å²) in [6, 6.07) is 5.72. The van der Waals surface area contributed by atoms with Gasteiger partial charge in [0.15, 0.2) is 17.7 Å². The molecule has 4 rings (SSSR count). The third kappa shape index (κ3) is 3.61. The highest BCUT2D eigenvalue weighted by atomic mass is 19.1. The van der Waals surface area contributed by atoms with Crippen LogP contribution in [0.5, 0.6) is 0 Å². The fourth-order valence-corrected chi connectivity index (χ4v) is 3.00. The first-order chi connectivity index (χ1) is 14.0. The van der Waals surface area contributed by atoms with Gasteiger partial charge in [-0.2, -0.15) is 15.1 Å². The average molecular weight is 403 g/mol. The molecule has 0 aliphatic carbocycles. The number of aliphatic hydroxyl groups excluding tert-OH is 3. The minimum absolute atomic E-state index is 0.0573. The van der Waals surface area contributed by atoms with Gasteiger partial charge in [-0.3, -0.25) is 4.57 Å². The van der Waals surface area contributed by atoms with E-state index in [0.29, 0.717) is 5.56 Å². The van der Waals surface area contributed by atoms with Crippen molar-refractivity contribution >= 4 is 29.1 Å². The number of hydrazone groups is 1. The Bertz CT molecular complexity index is 1040. The lowest BCUT2D eigenvalue weighted by Crippen LogP contribution is -2.33. The summed E-state index contributed by atoms with van der Waals surface area (Å²) in [5.41, 5.74) is 9.73. The van der Waals surface area contributed by atoms with Gasteiger partial charge in [0, 0.05) is 0 Å². The van der Waals surface area contributed by atoms with Crippen molar-refractivity contribution in [1.82, 2.24) is 19.5 Å². The Kier molecular flexibility index (Phi) is 5.07. The number of aliphatic hydroxyl groups is 3. The molecule has 0 amide bonds. The SMILES string of the molecule is Nc1nc(NN=Cc2ccc(F)cc2)nc2c1ncn2[C@@H]1O[C@H](CO)[C@@H](O)[C@H]1O. The lowest BCUT2D eigenvalue weighted by molar-refractivity contribution is -0.0511. The fraction of sp³-hybridized carbons (Fsp3) is 0.294. The molecule has 2 aromatic heterocycles. The molecule has 11 nitrogen and oxygen atoms in total. The van der Waals surface area contributed by atoms with Crippen molar-refractivity contribution in [2.75, 3.05) is 17.8 Å². The number of anilines is 2. The minimum Gasteiger partial charge on any atom is -0.394 e. The normalized spacial score (nSPS) is 24.6. The van der Waals surface area contributed by atoms with Gasteiger partial charge in [-0.1, -0.05) is 12.1 Å². The lowest BCUT2D eigenvalue weighted by atomic mass is 10.1. The summed E-state index contributed by atoms with van der Waals surface area (Å²) in [5.74, 6) is -0.225. The summed E-state index contributed by atoms with van der Waals surface area (Å²) in [4.78, 5) is 12.5. The molecule has 6 N–H and O–H groups in total. The molecule has 0 unspecified atom stereocenters. The Labute approximate surface area is 163 Å². The van der Waals surface area contributed by atoms with E-state index in [2.05, 4.69) is 25.5 Å². The summed E-state index contributed by atoms with van der Waals surface area (Å²) >= 11 is 0. The maximum Gasteiger partial charge on any atom is 0.247 e. The molecular weight excluding hydrogens is 385 g/mol. The van der Waals surface area contributed by atoms with E-state index in [-0.39, 0.29) is 28.7 Å². The number of hydrogen-bond donors (Lipinski definition) is 5. The van der Waals surface area contributed by atoms with E-state index in [0.717, 1.165) is 0 Å². The lowest BCUT2D eigenvalue weighted by Gasteiger charge is -2.16. The monoisotopic (exact) mass is 403 g/mol. The molecule has 0 saturated carbocycles. The van der Waals surface area contributed by atoms with Crippen LogP contribution in [-0.2, 0) is 4.74 Å². The number of rotatable bonds is 5. The number of hydrogen-bond acceptors (Lipinski definition) is 10. The Morgan fingerprint density at radius 2 is 2.00 bits per heavy atom. The van der Waals surface area contributed by atoms with Crippen LogP contribution in [0.4, 0.5) is 16.2 Å². The van der Waals surface area contributed by atoms with Gasteiger partial charge in [0.1, 0.15) is 29.6 Å². The fourth-order valence-electron chi connectivity index (χ4n) is 3.00. The first kappa shape index (κ1) is 19.1. The summed E-state index contributed by atoms with van der Waals surface area (Å²) in [6.45, 7) is -0.455. The molecule has 1 fully saturated rings. The maximum atomic E-state index is 12.9. The molecule has 12 heteroatoms. The van der Waals surface area contributed by atoms with E-state index in [1.165, 1.54) is 29.2 Å². The van der Waals surface area contributed by atoms with Crippen LogP contribution in [0.3, 0.4) is 0 Å². The molecule has 4 atom stereocenters. The Balaban J connectivity index is 1.61. The molecule has 29 heavy (non-hydrogen) atoms. The van der Waals surface area contributed by atoms with Gasteiger partial charge in [0.05, 0.1) is 19.1 Å². The van der Waals surface area contributed by atoms with Crippen molar-refractivity contribution in [3.8, 4) is 0 Å². The minimum atomic E-state index is -1.30. The van der Waals surface area contributed by atoms with Gasteiger partial charge in [-0.15, -0.1) is 0 Å². The molecule has 0 bridgehead atoms. The Morgan fingerprint density at radius 1 is 1.24 bits per heavy atom. The largest absolute Gasteiger partial charge is 0.394 e. The van der Waals surface area contributed by atoms with Crippen LogP contribution in [0.15, 0.2) is 35.7 Å². The maximum absolute atomic E-state index is 12.9. The van der Waals surface area contributed by atoms with Crippen LogP contribution in [0.2, 0.25) is 0 Å². The van der Waals surface area contributed by atoms with Gasteiger partial charge in [-0.25, -0.2) is 14.8 Å². The molecule has 152 valence electrons. The summed E-state index contributed by atoms with van der Waals surface area (Å²) in [7, 11) is 0. The smallest absolute Gasteiger partial charge is 0.247 e. The van der Waals surface area contributed by atoms with Gasteiger partial charge in [0.2, 0.25) is 5.95 Å². The number of imidazole rings is 1. The molecule has 1 saturated heterocycles. The zero-order valence-electron chi connectivity index (χ0n) is 14.9. The van der Waals surface area contributed by atoms with Crippen molar-refractivity contribution in [3.05, 3.63) is 42.0 Å². The standard InChI is InChI=1S/C17H18FN7O4/c18-9-3-1-8(2-4-9)5-21-24-17-22-14(19)11-15(23-17)25(7-20-11)16-13(28)12(27)10(6-26)29-16/h1-5,7,10,12-13,16,26-28H,6H2,(H3,19,22,23,24)/t10-,12-,13-,16-/m1/s1. The average Bonchev–Trinajstić information content (AvgIpc) is 3.25. The second-order valence-corrected chi connectivity index (χ2v) is 6.41. The highest BCUT2D eigenvalue weighted by molar-refractivity contribution is 5.83. The van der Waals surface area contributed by atoms with Gasteiger partial charge >= 0.3 is 0 Å². The van der Waals surface area contributed by atoms with E-state index in [1.54, 1.807) is 12.1 Å². The number of benzene rings is 1. The molecule has 3 heterocycles. The van der Waals surface area contributed by atoms with Crippen LogP contribution in [0.25, 0.3) is 11.2 Å². The van der Waals surface area contributed by atoms with Crippen molar-refractivity contribution in [2.45, 2.75) is 24.5 Å². The van der Waals surface area contributed by atoms with Crippen molar-refractivity contribution in [2.24, 2.45) is 5.10 Å². The number of aromatic nitrogens is 4. The van der Waals surface area contributed by atoms with Crippen LogP contribution < -0.4 is 11.2 Å². The summed E-state index contributed by atoms with van der Waals surface area (Å²) < 4.78 is 19.8. The van der Waals surface area contributed by atoms with Gasteiger partial charge < -0.3 is 25.8 Å². The first-order valence-electron chi connectivity index (χ1n) is 8.65. The quantitative estimate of drug-likeness (QED) is 0.282. The van der Waals surface area contributed by atoms with Crippen molar-refractivity contribution < 1.29 is 24.4 Å². The van der Waals surface area contributed by atoms with E-state index in [1.807, 2.05) is 0 Å². The number of ether oxygens (including phenoxy) is 1. The van der Waals surface area contributed by atoms with Crippen LogP contribution in [0, 0.1) is 5.82 Å². The first-order valence-corrected chi connectivity index (χ1v) is 8.65. The van der Waals surface area contributed by atoms with E-state index >= 15 is 0 Å². The van der Waals surface area contributed by atoms with Crippen LogP contribution in [-0.4, -0.2) is 66.0 Å². The van der Waals surface area contributed by atoms with Crippen LogP contribution in [0.1, 0.15) is 11.8 Å². The van der Waals surface area contributed by atoms with Gasteiger partial charge in [0.25, 0.3) is 0 Å². The number of fused-ring (bicyclic) bond motifs is 1. The third-order valence-corrected chi connectivity index (χ3v) is 4.49. The zero-order valence-corrected chi connectivity index (χ0v) is 14.9. The Hall–Kier alpha value is -3.19. The number of nitrogens with two attached hydrogens (primary N) is 1. The Morgan fingerprint density at radius 3 is 2.69 bits per heavy atom. The molecule has 3 aromatic rings. The second-order valence-electron chi connectivity index (χ2n) is 6.41. The third-order valence-electron chi connectivity index (χ3n) is 4.49. The molecule has 1 aliphatic rings. The topological polar surface area (TPSA) is 164 Å². The zero-order chi connectivity index (χ0) is 20.5. The van der Waals surface area contributed by atoms with E-state index in [4.69, 9.17) is 10.5 Å². The summed E-state index contributed by atoms with van der Waals surface area (Å²) in [5, 5.41) is 33.5. The van der Waals surface area contributed by atoms with Crippen molar-refractivity contribution in [3.63, 3.8) is 0 Å². The number of nitrogens with one attached hydrogen (secondary N) is 1. The predicted octanol–water partition coefficient (Wildman–Crippen LogP) is -0.395. The molecule has 1 aliphatic heterocycles. The van der Waals surface area contributed by atoms with E-state index in [9.17, 15) is 19.7 Å². The predicted molar refractivity (Wildman–Crippen MR) is 100 cm³/mol. The highest BCUT2D eigenvalue weighted by Crippen LogP contribution is 2.32. The van der Waals surface area contributed by atoms with Gasteiger partial charge in [-0.05, 0) is 17.7 Å². The molecule has 0 radical (unpaired) electrons. The number of halogens is 1. The second kappa shape index (κ2) is 7.67. The molecule has 0 spiro atoms. The molecular formula is C17H18FN7O4. The summed E-state index contributed by atoms with van der Waals surface area (Å²) in [6.07, 6.45) is -1.72. The number of nitrogen functional groups attached to an aromatic ring is 1. The highest BCUT2D eigenvalue weighted by Gasteiger charge is 2.44. The molecule has 1 aromatic carbocycles. The van der Waals surface area contributed by atoms with Crippen LogP contribution >= 0.6 is 0 Å². The van der Waals surface area contributed by atoms with E-state index < -0.39 is 31.1 Å².